The molecule has 1 atom stereocenters. The van der Waals surface area contributed by atoms with Crippen LogP contribution in [0.4, 0.5) is 4.79 Å². The van der Waals surface area contributed by atoms with Crippen molar-refractivity contribution in [1.29, 1.82) is 0 Å². The number of ether oxygens (including phenoxy) is 2. The molecule has 0 aromatic heterocycles. The first-order valence-electron chi connectivity index (χ1n) is 6.65. The van der Waals surface area contributed by atoms with Crippen molar-refractivity contribution in [3.63, 3.8) is 0 Å². The van der Waals surface area contributed by atoms with E-state index >= 15 is 0 Å². The van der Waals surface area contributed by atoms with Crippen molar-refractivity contribution in [1.82, 2.24) is 4.90 Å². The van der Waals surface area contributed by atoms with E-state index in [0.717, 1.165) is 19.4 Å². The molecule has 0 aromatic carbocycles. The lowest BCUT2D eigenvalue weighted by atomic mass is 9.86. The van der Waals surface area contributed by atoms with E-state index in [1.807, 2.05) is 20.8 Å². The third kappa shape index (κ3) is 2.95. The Balaban J connectivity index is 1.78. The first-order valence-corrected chi connectivity index (χ1v) is 6.65. The Morgan fingerprint density at radius 3 is 2.72 bits per heavy atom. The van der Waals surface area contributed by atoms with E-state index in [1.165, 1.54) is 0 Å². The monoisotopic (exact) mass is 256 g/mol. The van der Waals surface area contributed by atoms with Gasteiger partial charge in [0.05, 0.1) is 19.7 Å². The molecule has 2 N–H and O–H groups in total. The molecule has 0 aromatic rings. The molecule has 5 heteroatoms. The molecule has 0 bridgehead atoms. The molecule has 104 valence electrons. The summed E-state index contributed by atoms with van der Waals surface area (Å²) >= 11 is 0. The molecule has 2 fully saturated rings. The van der Waals surface area contributed by atoms with Gasteiger partial charge in [-0.05, 0) is 46.1 Å². The minimum atomic E-state index is -0.432. The Bertz CT molecular complexity index is 319. The standard InChI is InChI=1S/C13H24N2O3/c1-12(2,3)18-11(16)15-8-13(9-15)6-10(4-5-14)7-17-13/h10H,4-9,14H2,1-3H3/t10-/m1/s1. The van der Waals surface area contributed by atoms with Gasteiger partial charge in [-0.2, -0.15) is 0 Å². The Morgan fingerprint density at radius 1 is 1.50 bits per heavy atom. The second kappa shape index (κ2) is 4.70. The van der Waals surface area contributed by atoms with E-state index in [4.69, 9.17) is 15.2 Å². The zero-order chi connectivity index (χ0) is 13.4. The Morgan fingerprint density at radius 2 is 2.17 bits per heavy atom. The number of carbonyl (C=O) groups is 1. The number of carbonyl (C=O) groups excluding carboxylic acids is 1. The van der Waals surface area contributed by atoms with Gasteiger partial charge >= 0.3 is 6.09 Å². The number of rotatable bonds is 2. The lowest BCUT2D eigenvalue weighted by Crippen LogP contribution is -2.63. The fraction of sp³-hybridized carbons (Fsp3) is 0.923. The largest absolute Gasteiger partial charge is 0.444 e. The molecule has 0 aliphatic carbocycles. The molecule has 2 aliphatic heterocycles. The van der Waals surface area contributed by atoms with Crippen molar-refractivity contribution >= 4 is 6.09 Å². The summed E-state index contributed by atoms with van der Waals surface area (Å²) in [5.41, 5.74) is 5.01. The summed E-state index contributed by atoms with van der Waals surface area (Å²) < 4.78 is 11.2. The highest BCUT2D eigenvalue weighted by molar-refractivity contribution is 5.69. The van der Waals surface area contributed by atoms with Gasteiger partial charge in [-0.25, -0.2) is 4.79 Å². The van der Waals surface area contributed by atoms with Crippen LogP contribution in [0.5, 0.6) is 0 Å². The second-order valence-corrected chi connectivity index (χ2v) is 6.48. The quantitative estimate of drug-likeness (QED) is 0.810. The lowest BCUT2D eigenvalue weighted by Gasteiger charge is -2.47. The smallest absolute Gasteiger partial charge is 0.410 e. The molecule has 2 saturated heterocycles. The molecule has 0 unspecified atom stereocenters. The average Bonchev–Trinajstić information content (AvgIpc) is 2.57. The van der Waals surface area contributed by atoms with Crippen molar-refractivity contribution < 1.29 is 14.3 Å². The van der Waals surface area contributed by atoms with E-state index in [1.54, 1.807) is 4.90 Å². The molecular formula is C13H24N2O3. The number of amides is 1. The van der Waals surface area contributed by atoms with Crippen LogP contribution in [0.2, 0.25) is 0 Å². The van der Waals surface area contributed by atoms with Crippen LogP contribution in [-0.2, 0) is 9.47 Å². The second-order valence-electron chi connectivity index (χ2n) is 6.48. The maximum absolute atomic E-state index is 11.8. The van der Waals surface area contributed by atoms with E-state index in [9.17, 15) is 4.79 Å². The van der Waals surface area contributed by atoms with Crippen LogP contribution >= 0.6 is 0 Å². The topological polar surface area (TPSA) is 64.8 Å². The average molecular weight is 256 g/mol. The highest BCUT2D eigenvalue weighted by Gasteiger charge is 2.51. The summed E-state index contributed by atoms with van der Waals surface area (Å²) in [7, 11) is 0. The van der Waals surface area contributed by atoms with Crippen LogP contribution in [0.3, 0.4) is 0 Å². The van der Waals surface area contributed by atoms with Crippen molar-refractivity contribution in [3.8, 4) is 0 Å². The van der Waals surface area contributed by atoms with Crippen LogP contribution in [0.1, 0.15) is 33.6 Å². The number of hydrogen-bond donors (Lipinski definition) is 1. The van der Waals surface area contributed by atoms with E-state index < -0.39 is 5.60 Å². The molecule has 5 nitrogen and oxygen atoms in total. The van der Waals surface area contributed by atoms with Gasteiger partial charge in [-0.15, -0.1) is 0 Å². The van der Waals surface area contributed by atoms with Gasteiger partial charge in [0.15, 0.2) is 0 Å². The van der Waals surface area contributed by atoms with E-state index in [2.05, 4.69) is 0 Å². The van der Waals surface area contributed by atoms with E-state index in [-0.39, 0.29) is 11.7 Å². The maximum atomic E-state index is 11.8. The number of nitrogens with two attached hydrogens (primary N) is 1. The van der Waals surface area contributed by atoms with Crippen LogP contribution in [0, 0.1) is 5.92 Å². The number of hydrogen-bond acceptors (Lipinski definition) is 4. The Hall–Kier alpha value is -0.810. The van der Waals surface area contributed by atoms with Crippen LogP contribution < -0.4 is 5.73 Å². The molecule has 2 rings (SSSR count). The van der Waals surface area contributed by atoms with Gasteiger partial charge < -0.3 is 20.1 Å². The fourth-order valence-corrected chi connectivity index (χ4v) is 2.69. The van der Waals surface area contributed by atoms with Crippen LogP contribution in [0.25, 0.3) is 0 Å². The van der Waals surface area contributed by atoms with Crippen LogP contribution in [0.15, 0.2) is 0 Å². The van der Waals surface area contributed by atoms with Gasteiger partial charge in [0.2, 0.25) is 0 Å². The van der Waals surface area contributed by atoms with E-state index in [0.29, 0.717) is 25.6 Å². The first kappa shape index (κ1) is 13.6. The predicted octanol–water partition coefficient (Wildman–Crippen LogP) is 1.36. The number of likely N-dealkylation sites (tertiary alicyclic amines) is 1. The number of nitrogens with zero attached hydrogens (tertiary/aromatic N) is 1. The molecule has 1 amide bonds. The lowest BCUT2D eigenvalue weighted by molar-refractivity contribution is -0.109. The third-order valence-electron chi connectivity index (χ3n) is 3.47. The molecule has 0 saturated carbocycles. The molecule has 18 heavy (non-hydrogen) atoms. The van der Waals surface area contributed by atoms with Crippen molar-refractivity contribution in [2.75, 3.05) is 26.2 Å². The first-order chi connectivity index (χ1) is 8.34. The summed E-state index contributed by atoms with van der Waals surface area (Å²) in [6, 6.07) is 0. The van der Waals surface area contributed by atoms with Gasteiger partial charge in [0.1, 0.15) is 11.2 Å². The maximum Gasteiger partial charge on any atom is 0.410 e. The van der Waals surface area contributed by atoms with Crippen molar-refractivity contribution in [3.05, 3.63) is 0 Å². The molecule has 2 heterocycles. The Labute approximate surface area is 109 Å². The predicted molar refractivity (Wildman–Crippen MR) is 68.3 cm³/mol. The minimum Gasteiger partial charge on any atom is -0.444 e. The fourth-order valence-electron chi connectivity index (χ4n) is 2.69. The minimum absolute atomic E-state index is 0.114. The zero-order valence-corrected chi connectivity index (χ0v) is 11.6. The normalized spacial score (nSPS) is 26.2. The van der Waals surface area contributed by atoms with Gasteiger partial charge in [-0.3, -0.25) is 0 Å². The molecular weight excluding hydrogens is 232 g/mol. The van der Waals surface area contributed by atoms with Gasteiger partial charge in [-0.1, -0.05) is 0 Å². The molecule has 0 radical (unpaired) electrons. The third-order valence-corrected chi connectivity index (χ3v) is 3.47. The highest BCUT2D eigenvalue weighted by atomic mass is 16.6. The summed E-state index contributed by atoms with van der Waals surface area (Å²) in [4.78, 5) is 13.5. The SMILES string of the molecule is CC(C)(C)OC(=O)N1CC2(C[C@@H](CCN)CO2)C1. The molecule has 1 spiro atoms. The summed E-state index contributed by atoms with van der Waals surface area (Å²) in [6.45, 7) is 8.43. The van der Waals surface area contributed by atoms with Crippen molar-refractivity contribution in [2.45, 2.75) is 44.8 Å². The van der Waals surface area contributed by atoms with Gasteiger partial charge in [0, 0.05) is 0 Å². The summed E-state index contributed by atoms with van der Waals surface area (Å²) in [5, 5.41) is 0. The summed E-state index contributed by atoms with van der Waals surface area (Å²) in [6.07, 6.45) is 1.79. The van der Waals surface area contributed by atoms with Gasteiger partial charge in [0.25, 0.3) is 0 Å². The highest BCUT2D eigenvalue weighted by Crippen LogP contribution is 2.39. The van der Waals surface area contributed by atoms with Crippen molar-refractivity contribution in [2.24, 2.45) is 11.7 Å². The van der Waals surface area contributed by atoms with Crippen LogP contribution in [-0.4, -0.2) is 48.4 Å². The molecule has 2 aliphatic rings. The zero-order valence-electron chi connectivity index (χ0n) is 11.6. The summed E-state index contributed by atoms with van der Waals surface area (Å²) in [5.74, 6) is 0.552. The Kier molecular flexibility index (Phi) is 3.56.